The topological polar surface area (TPSA) is 87.7 Å². The molecule has 5 unspecified atom stereocenters. The van der Waals surface area contributed by atoms with Crippen molar-refractivity contribution in [2.24, 2.45) is 5.92 Å². The lowest BCUT2D eigenvalue weighted by molar-refractivity contribution is -0.143. The monoisotopic (exact) mass is 545 g/mol. The summed E-state index contributed by atoms with van der Waals surface area (Å²) in [4.78, 5) is 42.9. The maximum absolute atomic E-state index is 14.5. The molecule has 3 rings (SSSR count). The molecule has 0 bridgehead atoms. The third kappa shape index (κ3) is 8.61. The van der Waals surface area contributed by atoms with Gasteiger partial charge >= 0.3 is 6.09 Å². The molecule has 1 aliphatic carbocycles. The van der Waals surface area contributed by atoms with Crippen LogP contribution in [-0.2, 0) is 20.7 Å². The summed E-state index contributed by atoms with van der Waals surface area (Å²) in [7, 11) is 0. The van der Waals surface area contributed by atoms with Crippen LogP contribution in [0.4, 0.5) is 4.79 Å². The molecular formula is C33H43N3O4. The molecule has 2 N–H and O–H groups in total. The van der Waals surface area contributed by atoms with E-state index in [1.165, 1.54) is 0 Å². The first kappa shape index (κ1) is 30.7. The summed E-state index contributed by atoms with van der Waals surface area (Å²) < 4.78 is 5.51. The lowest BCUT2D eigenvalue weighted by Crippen LogP contribution is -2.55. The number of benzene rings is 2. The normalized spacial score (nSPS) is 18.4. The van der Waals surface area contributed by atoms with Gasteiger partial charge in [0, 0.05) is 24.1 Å². The number of carbonyl (C=O) groups is 3. The second-order valence-corrected chi connectivity index (χ2v) is 11.8. The van der Waals surface area contributed by atoms with Crippen LogP contribution in [0.5, 0.6) is 0 Å². The number of carbonyl (C=O) groups excluding carboxylic acids is 3. The van der Waals surface area contributed by atoms with Crippen LogP contribution in [0.15, 0.2) is 54.6 Å². The molecule has 1 saturated carbocycles. The Hall–Kier alpha value is -3.79. The maximum Gasteiger partial charge on any atom is 0.408 e. The quantitative estimate of drug-likeness (QED) is 0.371. The van der Waals surface area contributed by atoms with Gasteiger partial charge in [0.1, 0.15) is 17.7 Å². The van der Waals surface area contributed by atoms with Crippen molar-refractivity contribution in [1.82, 2.24) is 15.5 Å². The summed E-state index contributed by atoms with van der Waals surface area (Å²) in [5.74, 6) is 2.25. The van der Waals surface area contributed by atoms with Crippen LogP contribution < -0.4 is 10.6 Å². The lowest BCUT2D eigenvalue weighted by atomic mass is 9.98. The number of rotatable bonds is 11. The number of amides is 3. The summed E-state index contributed by atoms with van der Waals surface area (Å²) in [6, 6.07) is 14.7. The van der Waals surface area contributed by atoms with Gasteiger partial charge in [-0.05, 0) is 69.7 Å². The van der Waals surface area contributed by atoms with Gasteiger partial charge in [-0.1, -0.05) is 68.7 Å². The Morgan fingerprint density at radius 2 is 1.70 bits per heavy atom. The predicted molar refractivity (Wildman–Crippen MR) is 157 cm³/mol. The number of hydrogen-bond acceptors (Lipinski definition) is 4. The number of alkyl carbamates (subject to hydrolysis) is 1. The van der Waals surface area contributed by atoms with Crippen LogP contribution in [0, 0.1) is 18.3 Å². The summed E-state index contributed by atoms with van der Waals surface area (Å²) in [6.07, 6.45) is 7.66. The second kappa shape index (κ2) is 13.5. The number of ether oxygens (including phenoxy) is 1. The fourth-order valence-electron chi connectivity index (χ4n) is 4.88. The molecule has 2 aromatic rings. The van der Waals surface area contributed by atoms with E-state index < -0.39 is 23.8 Å². The van der Waals surface area contributed by atoms with Gasteiger partial charge in [-0.25, -0.2) is 4.79 Å². The van der Waals surface area contributed by atoms with Crippen molar-refractivity contribution in [3.8, 4) is 12.3 Å². The number of terminal acetylenes is 1. The van der Waals surface area contributed by atoms with Crippen LogP contribution in [0.1, 0.15) is 83.5 Å². The van der Waals surface area contributed by atoms with Crippen molar-refractivity contribution in [1.29, 1.82) is 0 Å². The van der Waals surface area contributed by atoms with E-state index in [1.54, 1.807) is 37.8 Å². The average Bonchev–Trinajstić information content (AvgIpc) is 3.61. The Morgan fingerprint density at radius 1 is 1.07 bits per heavy atom. The first-order valence-electron chi connectivity index (χ1n) is 14.2. The minimum Gasteiger partial charge on any atom is -0.444 e. The minimum atomic E-state index is -0.932. The Morgan fingerprint density at radius 3 is 2.23 bits per heavy atom. The van der Waals surface area contributed by atoms with Crippen molar-refractivity contribution < 1.29 is 19.1 Å². The highest BCUT2D eigenvalue weighted by Gasteiger charge is 2.48. The molecule has 2 aromatic carbocycles. The first-order valence-corrected chi connectivity index (χ1v) is 14.2. The van der Waals surface area contributed by atoms with E-state index in [9.17, 15) is 14.4 Å². The van der Waals surface area contributed by atoms with E-state index in [0.29, 0.717) is 11.1 Å². The maximum atomic E-state index is 14.5. The van der Waals surface area contributed by atoms with E-state index in [1.807, 2.05) is 49.4 Å². The zero-order valence-corrected chi connectivity index (χ0v) is 24.6. The molecule has 40 heavy (non-hydrogen) atoms. The summed E-state index contributed by atoms with van der Waals surface area (Å²) >= 11 is 0. The smallest absolute Gasteiger partial charge is 0.408 e. The van der Waals surface area contributed by atoms with Gasteiger partial charge in [-0.3, -0.25) is 9.59 Å². The van der Waals surface area contributed by atoms with Gasteiger partial charge in [0.05, 0.1) is 0 Å². The second-order valence-electron chi connectivity index (χ2n) is 11.8. The molecule has 0 aliphatic heterocycles. The SMILES string of the molecule is C#Cc1ccc(C(C(=O)NC(C)CCC)N(C(=O)C(Cc2ccccc2)NC(=O)OC(C)(C)C)C2CC2C)cc1. The number of nitrogens with one attached hydrogen (secondary N) is 2. The molecule has 5 atom stereocenters. The molecule has 214 valence electrons. The standard InChI is InChI=1S/C33H43N3O4/c1-8-13-23(4)34-30(37)29(26-18-16-24(9-2)17-19-26)36(28-20-22(28)3)31(38)27(21-25-14-11-10-12-15-25)35-32(39)40-33(5,6)7/h2,10-12,14-19,22-23,27-29H,8,13,20-21H2,1,3-7H3,(H,34,37)(H,35,39). The molecule has 0 heterocycles. The molecule has 0 saturated heterocycles. The third-order valence-corrected chi connectivity index (χ3v) is 6.98. The van der Waals surface area contributed by atoms with Crippen molar-refractivity contribution >= 4 is 17.9 Å². The van der Waals surface area contributed by atoms with Gasteiger partial charge in [-0.2, -0.15) is 0 Å². The van der Waals surface area contributed by atoms with E-state index in [2.05, 4.69) is 30.4 Å². The zero-order chi connectivity index (χ0) is 29.4. The van der Waals surface area contributed by atoms with Crippen LogP contribution >= 0.6 is 0 Å². The summed E-state index contributed by atoms with van der Waals surface area (Å²) in [6.45, 7) is 11.4. The summed E-state index contributed by atoms with van der Waals surface area (Å²) in [5.41, 5.74) is 1.51. The van der Waals surface area contributed by atoms with Crippen LogP contribution in [0.2, 0.25) is 0 Å². The molecule has 0 spiro atoms. The van der Waals surface area contributed by atoms with Gasteiger partial charge in [0.15, 0.2) is 0 Å². The fraction of sp³-hybridized carbons (Fsp3) is 0.485. The Bertz CT molecular complexity index is 1200. The van der Waals surface area contributed by atoms with Crippen LogP contribution in [-0.4, -0.2) is 46.5 Å². The Kier molecular flexibility index (Phi) is 10.4. The molecule has 0 aromatic heterocycles. The minimum absolute atomic E-state index is 0.0569. The van der Waals surface area contributed by atoms with Crippen LogP contribution in [0.3, 0.4) is 0 Å². The van der Waals surface area contributed by atoms with Crippen molar-refractivity contribution in [2.45, 2.75) is 97.0 Å². The predicted octanol–water partition coefficient (Wildman–Crippen LogP) is 5.39. The third-order valence-electron chi connectivity index (χ3n) is 6.98. The van der Waals surface area contributed by atoms with E-state index >= 15 is 0 Å². The molecular weight excluding hydrogens is 502 g/mol. The van der Waals surface area contributed by atoms with E-state index in [-0.39, 0.29) is 36.2 Å². The Labute approximate surface area is 239 Å². The molecule has 3 amide bonds. The van der Waals surface area contributed by atoms with Gasteiger partial charge < -0.3 is 20.3 Å². The van der Waals surface area contributed by atoms with Crippen LogP contribution in [0.25, 0.3) is 0 Å². The number of hydrogen-bond donors (Lipinski definition) is 2. The summed E-state index contributed by atoms with van der Waals surface area (Å²) in [5, 5.41) is 5.93. The fourth-order valence-corrected chi connectivity index (χ4v) is 4.88. The van der Waals surface area contributed by atoms with Crippen molar-refractivity contribution in [2.75, 3.05) is 0 Å². The van der Waals surface area contributed by atoms with Crippen molar-refractivity contribution in [3.05, 3.63) is 71.3 Å². The van der Waals surface area contributed by atoms with Gasteiger partial charge in [0.25, 0.3) is 0 Å². The number of nitrogens with zero attached hydrogens (tertiary/aromatic N) is 1. The van der Waals surface area contributed by atoms with Gasteiger partial charge in [-0.15, -0.1) is 6.42 Å². The highest BCUT2D eigenvalue weighted by Crippen LogP contribution is 2.41. The highest BCUT2D eigenvalue weighted by molar-refractivity contribution is 5.93. The molecule has 0 radical (unpaired) electrons. The Balaban J connectivity index is 2.04. The highest BCUT2D eigenvalue weighted by atomic mass is 16.6. The molecule has 7 heteroatoms. The zero-order valence-electron chi connectivity index (χ0n) is 24.6. The largest absolute Gasteiger partial charge is 0.444 e. The van der Waals surface area contributed by atoms with Gasteiger partial charge in [0.2, 0.25) is 11.8 Å². The molecule has 7 nitrogen and oxygen atoms in total. The van der Waals surface area contributed by atoms with Crippen molar-refractivity contribution in [3.63, 3.8) is 0 Å². The first-order chi connectivity index (χ1) is 18.9. The van der Waals surface area contributed by atoms with E-state index in [4.69, 9.17) is 11.2 Å². The average molecular weight is 546 g/mol. The molecule has 1 aliphatic rings. The lowest BCUT2D eigenvalue weighted by Gasteiger charge is -2.35. The van der Waals surface area contributed by atoms with E-state index in [0.717, 1.165) is 24.8 Å². The molecule has 1 fully saturated rings.